The summed E-state index contributed by atoms with van der Waals surface area (Å²) in [5.41, 5.74) is -0.588. The lowest BCUT2D eigenvalue weighted by atomic mass is 10.2. The Morgan fingerprint density at radius 3 is 2.70 bits per heavy atom. The molecule has 0 bridgehead atoms. The minimum atomic E-state index is -0.570. The molecule has 0 unspecified atom stereocenters. The molecule has 0 atom stereocenters. The van der Waals surface area contributed by atoms with Crippen LogP contribution in [0.15, 0.2) is 33.9 Å². The molecule has 0 aliphatic carbocycles. The summed E-state index contributed by atoms with van der Waals surface area (Å²) >= 11 is 0. The van der Waals surface area contributed by atoms with E-state index < -0.39 is 17.2 Å². The van der Waals surface area contributed by atoms with E-state index in [2.05, 4.69) is 0 Å². The molecule has 0 spiro atoms. The van der Waals surface area contributed by atoms with Crippen molar-refractivity contribution in [2.45, 2.75) is 32.9 Å². The number of carbonyl (C=O) groups excluding carboxylic acids is 1. The quantitative estimate of drug-likeness (QED) is 0.586. The molecule has 0 saturated carbocycles. The van der Waals surface area contributed by atoms with Crippen molar-refractivity contribution in [1.82, 2.24) is 9.13 Å². The summed E-state index contributed by atoms with van der Waals surface area (Å²) in [6.45, 7) is 1.78. The van der Waals surface area contributed by atoms with Crippen molar-refractivity contribution in [1.29, 1.82) is 5.26 Å². The van der Waals surface area contributed by atoms with Crippen molar-refractivity contribution >= 4 is 16.9 Å². The molecule has 120 valence electrons. The molecule has 0 saturated heterocycles. The summed E-state index contributed by atoms with van der Waals surface area (Å²) < 4.78 is 7.19. The number of nitrogens with zero attached hydrogens (tertiary/aromatic N) is 3. The standard InChI is InChI=1S/C16H17N3O4/c1-2-23-14(20)11-19-13-8-4-3-7-12(13)15(21)18(16(19)22)10-6-5-9-17/h3-4,7-8H,2,5-6,10-11H2,1H3. The zero-order chi connectivity index (χ0) is 16.8. The number of ether oxygens (including phenoxy) is 1. The Hall–Kier alpha value is -2.88. The molecule has 0 radical (unpaired) electrons. The zero-order valence-corrected chi connectivity index (χ0v) is 12.8. The van der Waals surface area contributed by atoms with Gasteiger partial charge in [0.25, 0.3) is 5.56 Å². The Morgan fingerprint density at radius 1 is 1.26 bits per heavy atom. The van der Waals surface area contributed by atoms with Crippen LogP contribution in [0, 0.1) is 11.3 Å². The van der Waals surface area contributed by atoms with Gasteiger partial charge in [0.05, 0.1) is 23.6 Å². The molecule has 1 heterocycles. The summed E-state index contributed by atoms with van der Waals surface area (Å²) in [5, 5.41) is 8.96. The van der Waals surface area contributed by atoms with Crippen molar-refractivity contribution in [3.63, 3.8) is 0 Å². The van der Waals surface area contributed by atoms with Gasteiger partial charge in [0, 0.05) is 13.0 Å². The number of fused-ring (bicyclic) bond motifs is 1. The van der Waals surface area contributed by atoms with E-state index in [1.54, 1.807) is 31.2 Å². The highest BCUT2D eigenvalue weighted by Gasteiger charge is 2.15. The molecule has 0 aliphatic heterocycles. The van der Waals surface area contributed by atoms with Gasteiger partial charge in [0.15, 0.2) is 0 Å². The average Bonchev–Trinajstić information content (AvgIpc) is 2.55. The largest absolute Gasteiger partial charge is 0.465 e. The van der Waals surface area contributed by atoms with Crippen LogP contribution in [0.4, 0.5) is 0 Å². The number of carbonyl (C=O) groups is 1. The third-order valence-electron chi connectivity index (χ3n) is 3.40. The smallest absolute Gasteiger partial charge is 0.332 e. The highest BCUT2D eigenvalue weighted by atomic mass is 16.5. The van der Waals surface area contributed by atoms with E-state index in [4.69, 9.17) is 10.00 Å². The van der Waals surface area contributed by atoms with Crippen molar-refractivity contribution in [2.24, 2.45) is 0 Å². The van der Waals surface area contributed by atoms with Gasteiger partial charge in [-0.05, 0) is 25.5 Å². The molecule has 7 heteroatoms. The molecule has 1 aromatic carbocycles. The van der Waals surface area contributed by atoms with Crippen LogP contribution in [0.25, 0.3) is 10.9 Å². The van der Waals surface area contributed by atoms with Crippen LogP contribution >= 0.6 is 0 Å². The second-order valence-corrected chi connectivity index (χ2v) is 4.91. The van der Waals surface area contributed by atoms with Crippen LogP contribution < -0.4 is 11.2 Å². The van der Waals surface area contributed by atoms with Gasteiger partial charge in [-0.2, -0.15) is 5.26 Å². The fourth-order valence-corrected chi connectivity index (χ4v) is 2.37. The number of aromatic nitrogens is 2. The second-order valence-electron chi connectivity index (χ2n) is 4.91. The van der Waals surface area contributed by atoms with Crippen molar-refractivity contribution in [3.05, 3.63) is 45.1 Å². The molecule has 0 amide bonds. The maximum absolute atomic E-state index is 12.6. The number of para-hydroxylation sites is 1. The maximum atomic E-state index is 12.6. The zero-order valence-electron chi connectivity index (χ0n) is 12.8. The van der Waals surface area contributed by atoms with Gasteiger partial charge < -0.3 is 4.74 Å². The van der Waals surface area contributed by atoms with Gasteiger partial charge in [-0.25, -0.2) is 4.79 Å². The molecule has 23 heavy (non-hydrogen) atoms. The van der Waals surface area contributed by atoms with Crippen LogP contribution in [0.2, 0.25) is 0 Å². The SMILES string of the molecule is CCOC(=O)Cn1c(=O)n(CCCC#N)c(=O)c2ccccc21. The lowest BCUT2D eigenvalue weighted by Gasteiger charge is -2.13. The number of unbranched alkanes of at least 4 members (excludes halogenated alkanes) is 1. The summed E-state index contributed by atoms with van der Waals surface area (Å²) in [7, 11) is 0. The Kier molecular flexibility index (Phi) is 5.31. The van der Waals surface area contributed by atoms with E-state index >= 15 is 0 Å². The van der Waals surface area contributed by atoms with E-state index in [0.717, 1.165) is 4.57 Å². The number of nitriles is 1. The first-order chi connectivity index (χ1) is 11.1. The molecular formula is C16H17N3O4. The normalized spacial score (nSPS) is 10.4. The summed E-state index contributed by atoms with van der Waals surface area (Å²) in [6, 6.07) is 8.61. The Balaban J connectivity index is 2.59. The summed E-state index contributed by atoms with van der Waals surface area (Å²) in [4.78, 5) is 36.8. The predicted molar refractivity (Wildman–Crippen MR) is 83.9 cm³/mol. The maximum Gasteiger partial charge on any atom is 0.332 e. The minimum Gasteiger partial charge on any atom is -0.465 e. The topological polar surface area (TPSA) is 94.1 Å². The van der Waals surface area contributed by atoms with E-state index in [-0.39, 0.29) is 26.1 Å². The second kappa shape index (κ2) is 7.40. The molecule has 0 aliphatic rings. The molecule has 0 N–H and O–H groups in total. The Bertz CT molecular complexity index is 873. The van der Waals surface area contributed by atoms with Gasteiger partial charge in [-0.15, -0.1) is 0 Å². The van der Waals surface area contributed by atoms with E-state index in [1.807, 2.05) is 6.07 Å². The fraction of sp³-hybridized carbons (Fsp3) is 0.375. The minimum absolute atomic E-state index is 0.138. The van der Waals surface area contributed by atoms with Crippen LogP contribution in [-0.4, -0.2) is 21.7 Å². The molecule has 7 nitrogen and oxygen atoms in total. The first-order valence-electron chi connectivity index (χ1n) is 7.35. The average molecular weight is 315 g/mol. The third kappa shape index (κ3) is 3.48. The molecule has 2 aromatic rings. The van der Waals surface area contributed by atoms with Crippen molar-refractivity contribution in [2.75, 3.05) is 6.61 Å². The lowest BCUT2D eigenvalue weighted by molar-refractivity contribution is -0.143. The first kappa shape index (κ1) is 16.5. The highest BCUT2D eigenvalue weighted by molar-refractivity contribution is 5.79. The molecule has 1 aromatic heterocycles. The fourth-order valence-electron chi connectivity index (χ4n) is 2.37. The Morgan fingerprint density at radius 2 is 2.00 bits per heavy atom. The lowest BCUT2D eigenvalue weighted by Crippen LogP contribution is -2.41. The monoisotopic (exact) mass is 315 g/mol. The van der Waals surface area contributed by atoms with E-state index in [9.17, 15) is 14.4 Å². The molecular weight excluding hydrogens is 298 g/mol. The molecule has 2 rings (SSSR count). The summed E-state index contributed by atoms with van der Waals surface area (Å²) in [6.07, 6.45) is 0.639. The Labute approximate surface area is 132 Å². The highest BCUT2D eigenvalue weighted by Crippen LogP contribution is 2.08. The number of hydrogen-bond acceptors (Lipinski definition) is 5. The summed E-state index contributed by atoms with van der Waals surface area (Å²) in [5.74, 6) is -0.540. The van der Waals surface area contributed by atoms with Crippen LogP contribution in [0.5, 0.6) is 0 Å². The number of hydrogen-bond donors (Lipinski definition) is 0. The van der Waals surface area contributed by atoms with Gasteiger partial charge >= 0.3 is 11.7 Å². The van der Waals surface area contributed by atoms with Crippen molar-refractivity contribution in [3.8, 4) is 6.07 Å². The van der Waals surface area contributed by atoms with Crippen LogP contribution in [0.3, 0.4) is 0 Å². The van der Waals surface area contributed by atoms with Gasteiger partial charge in [0.2, 0.25) is 0 Å². The number of benzene rings is 1. The van der Waals surface area contributed by atoms with Gasteiger partial charge in [0.1, 0.15) is 6.54 Å². The predicted octanol–water partition coefficient (Wildman–Crippen LogP) is 1.03. The van der Waals surface area contributed by atoms with Crippen LogP contribution in [0.1, 0.15) is 19.8 Å². The molecule has 0 fully saturated rings. The van der Waals surface area contributed by atoms with Gasteiger partial charge in [-0.1, -0.05) is 12.1 Å². The number of rotatable bonds is 6. The van der Waals surface area contributed by atoms with Crippen molar-refractivity contribution < 1.29 is 9.53 Å². The van der Waals surface area contributed by atoms with E-state index in [0.29, 0.717) is 17.3 Å². The number of esters is 1. The van der Waals surface area contributed by atoms with Gasteiger partial charge in [-0.3, -0.25) is 18.7 Å². The third-order valence-corrected chi connectivity index (χ3v) is 3.40. The first-order valence-corrected chi connectivity index (χ1v) is 7.35. The van der Waals surface area contributed by atoms with Crippen LogP contribution in [-0.2, 0) is 22.6 Å². The van der Waals surface area contributed by atoms with E-state index in [1.165, 1.54) is 4.57 Å².